The molecule has 0 unspecified atom stereocenters. The van der Waals surface area contributed by atoms with E-state index in [9.17, 15) is 24.5 Å². The number of hydrogen-bond donors (Lipinski definition) is 3. The zero-order valence-electron chi connectivity index (χ0n) is 18.2. The Morgan fingerprint density at radius 2 is 1.88 bits per heavy atom. The molecule has 2 aromatic rings. The van der Waals surface area contributed by atoms with Crippen molar-refractivity contribution < 1.29 is 29.2 Å². The van der Waals surface area contributed by atoms with Gasteiger partial charge in [-0.2, -0.15) is 0 Å². The summed E-state index contributed by atoms with van der Waals surface area (Å²) in [7, 11) is 0. The van der Waals surface area contributed by atoms with Crippen molar-refractivity contribution >= 4 is 29.5 Å². The molecule has 174 valence electrons. The molecule has 3 N–H and O–H groups in total. The van der Waals surface area contributed by atoms with Crippen LogP contribution in [0.3, 0.4) is 0 Å². The number of nitrogens with one attached hydrogen (secondary N) is 2. The SMILES string of the molecule is CCCCOc1ccc(C(=O)N/C(=C/c2cccc([N+](=O)[O-])c2)C(=O)N[C@H](C)C(=O)O)cc1. The van der Waals surface area contributed by atoms with Gasteiger partial charge in [0.15, 0.2) is 0 Å². The van der Waals surface area contributed by atoms with E-state index >= 15 is 0 Å². The molecule has 2 aromatic carbocycles. The largest absolute Gasteiger partial charge is 0.494 e. The van der Waals surface area contributed by atoms with E-state index in [-0.39, 0.29) is 22.5 Å². The lowest BCUT2D eigenvalue weighted by molar-refractivity contribution is -0.384. The van der Waals surface area contributed by atoms with E-state index in [0.717, 1.165) is 12.8 Å². The van der Waals surface area contributed by atoms with Gasteiger partial charge >= 0.3 is 5.97 Å². The van der Waals surface area contributed by atoms with Crippen molar-refractivity contribution in [3.63, 3.8) is 0 Å². The molecule has 0 saturated heterocycles. The highest BCUT2D eigenvalue weighted by atomic mass is 16.6. The number of carboxylic acids is 1. The third kappa shape index (κ3) is 7.76. The van der Waals surface area contributed by atoms with Gasteiger partial charge in [-0.05, 0) is 49.2 Å². The van der Waals surface area contributed by atoms with E-state index < -0.39 is 28.7 Å². The van der Waals surface area contributed by atoms with Crippen molar-refractivity contribution in [2.45, 2.75) is 32.7 Å². The topological polar surface area (TPSA) is 148 Å². The first-order chi connectivity index (χ1) is 15.7. The highest BCUT2D eigenvalue weighted by Gasteiger charge is 2.20. The first kappa shape index (κ1) is 25.1. The molecule has 0 aliphatic rings. The summed E-state index contributed by atoms with van der Waals surface area (Å²) < 4.78 is 5.56. The molecule has 0 fully saturated rings. The second-order valence-electron chi connectivity index (χ2n) is 7.12. The zero-order chi connectivity index (χ0) is 24.4. The van der Waals surface area contributed by atoms with E-state index in [1.165, 1.54) is 49.4 Å². The van der Waals surface area contributed by atoms with Gasteiger partial charge < -0.3 is 20.5 Å². The molecule has 10 heteroatoms. The van der Waals surface area contributed by atoms with E-state index in [4.69, 9.17) is 9.84 Å². The number of carbonyl (C=O) groups excluding carboxylic acids is 2. The average Bonchev–Trinajstić information content (AvgIpc) is 2.79. The number of non-ortho nitro benzene ring substituents is 1. The second kappa shape index (κ2) is 12.0. The molecule has 0 radical (unpaired) electrons. The Hall–Kier alpha value is -4.21. The fourth-order valence-electron chi connectivity index (χ4n) is 2.62. The van der Waals surface area contributed by atoms with Gasteiger partial charge in [-0.1, -0.05) is 25.5 Å². The van der Waals surface area contributed by atoms with Gasteiger partial charge in [0.1, 0.15) is 17.5 Å². The van der Waals surface area contributed by atoms with Crippen molar-refractivity contribution in [3.05, 3.63) is 75.5 Å². The minimum absolute atomic E-state index is 0.201. The maximum atomic E-state index is 12.7. The minimum Gasteiger partial charge on any atom is -0.494 e. The summed E-state index contributed by atoms with van der Waals surface area (Å²) in [6.45, 7) is 3.87. The zero-order valence-corrected chi connectivity index (χ0v) is 18.2. The maximum absolute atomic E-state index is 12.7. The van der Waals surface area contributed by atoms with Crippen LogP contribution < -0.4 is 15.4 Å². The molecule has 0 bridgehead atoms. The number of nitrogens with zero attached hydrogens (tertiary/aromatic N) is 1. The number of benzene rings is 2. The number of nitro benzene ring substituents is 1. The fourth-order valence-corrected chi connectivity index (χ4v) is 2.62. The number of aliphatic carboxylic acids is 1. The minimum atomic E-state index is -1.26. The summed E-state index contributed by atoms with van der Waals surface area (Å²) in [6.07, 6.45) is 3.12. The molecule has 2 amide bonds. The number of unbranched alkanes of at least 4 members (excludes halogenated alkanes) is 1. The lowest BCUT2D eigenvalue weighted by Gasteiger charge is -2.14. The van der Waals surface area contributed by atoms with Gasteiger partial charge in [-0.25, -0.2) is 0 Å². The standard InChI is InChI=1S/C23H25N3O7/c1-3-4-12-33-19-10-8-17(9-11-19)21(27)25-20(22(28)24-15(2)23(29)30)14-16-6-5-7-18(13-16)26(31)32/h5-11,13-15H,3-4,12H2,1-2H3,(H,24,28)(H,25,27)(H,29,30)/b20-14+/t15-/m1/s1. The molecule has 0 aliphatic heterocycles. The van der Waals surface area contributed by atoms with Crippen LogP contribution in [0.1, 0.15) is 42.6 Å². The van der Waals surface area contributed by atoms with Crippen LogP contribution in [0.25, 0.3) is 6.08 Å². The van der Waals surface area contributed by atoms with E-state index in [0.29, 0.717) is 12.4 Å². The summed E-state index contributed by atoms with van der Waals surface area (Å²) in [5, 5.41) is 24.8. The number of nitro groups is 1. The Bertz CT molecular complexity index is 1050. The van der Waals surface area contributed by atoms with E-state index in [1.807, 2.05) is 6.92 Å². The number of hydrogen-bond acceptors (Lipinski definition) is 6. The van der Waals surface area contributed by atoms with Crippen molar-refractivity contribution in [1.29, 1.82) is 0 Å². The first-order valence-electron chi connectivity index (χ1n) is 10.2. The van der Waals surface area contributed by atoms with E-state index in [1.54, 1.807) is 12.1 Å². The van der Waals surface area contributed by atoms with Crippen LogP contribution in [-0.4, -0.2) is 40.5 Å². The molecular weight excluding hydrogens is 430 g/mol. The number of carbonyl (C=O) groups is 3. The molecule has 0 aliphatic carbocycles. The van der Waals surface area contributed by atoms with Crippen molar-refractivity contribution in [2.75, 3.05) is 6.61 Å². The van der Waals surface area contributed by atoms with Crippen molar-refractivity contribution in [3.8, 4) is 5.75 Å². The highest BCUT2D eigenvalue weighted by molar-refractivity contribution is 6.06. The lowest BCUT2D eigenvalue weighted by Crippen LogP contribution is -2.42. The summed E-state index contributed by atoms with van der Waals surface area (Å²) in [6, 6.07) is 10.5. The van der Waals surface area contributed by atoms with Crippen LogP contribution >= 0.6 is 0 Å². The third-order valence-electron chi connectivity index (χ3n) is 4.49. The van der Waals surface area contributed by atoms with Gasteiger partial charge in [0.25, 0.3) is 17.5 Å². The Labute approximate surface area is 190 Å². The van der Waals surface area contributed by atoms with Gasteiger partial charge in [0.2, 0.25) is 0 Å². The van der Waals surface area contributed by atoms with Crippen LogP contribution in [0.4, 0.5) is 5.69 Å². The fraction of sp³-hybridized carbons (Fsp3) is 0.261. The van der Waals surface area contributed by atoms with Crippen LogP contribution in [-0.2, 0) is 9.59 Å². The predicted molar refractivity (Wildman–Crippen MR) is 121 cm³/mol. The first-order valence-corrected chi connectivity index (χ1v) is 10.2. The third-order valence-corrected chi connectivity index (χ3v) is 4.49. The Balaban J connectivity index is 2.27. The molecule has 33 heavy (non-hydrogen) atoms. The Kier molecular flexibility index (Phi) is 9.10. The number of ether oxygens (including phenoxy) is 1. The highest BCUT2D eigenvalue weighted by Crippen LogP contribution is 2.17. The van der Waals surface area contributed by atoms with Crippen LogP contribution in [0.15, 0.2) is 54.2 Å². The summed E-state index contributed by atoms with van der Waals surface area (Å²) in [4.78, 5) is 46.9. The predicted octanol–water partition coefficient (Wildman–Crippen LogP) is 3.13. The average molecular weight is 455 g/mol. The summed E-state index contributed by atoms with van der Waals surface area (Å²) in [5.74, 6) is -2.14. The molecule has 1 atom stereocenters. The normalized spacial score (nSPS) is 11.9. The molecule has 0 spiro atoms. The van der Waals surface area contributed by atoms with Gasteiger partial charge in [-0.15, -0.1) is 0 Å². The lowest BCUT2D eigenvalue weighted by atomic mass is 10.1. The summed E-state index contributed by atoms with van der Waals surface area (Å²) in [5.41, 5.74) is 0.0448. The Morgan fingerprint density at radius 1 is 1.18 bits per heavy atom. The van der Waals surface area contributed by atoms with Crippen molar-refractivity contribution in [1.82, 2.24) is 10.6 Å². The quantitative estimate of drug-likeness (QED) is 0.204. The smallest absolute Gasteiger partial charge is 0.325 e. The van der Waals surface area contributed by atoms with Crippen LogP contribution in [0, 0.1) is 10.1 Å². The van der Waals surface area contributed by atoms with Gasteiger partial charge in [0.05, 0.1) is 11.5 Å². The molecule has 0 heterocycles. The molecule has 10 nitrogen and oxygen atoms in total. The van der Waals surface area contributed by atoms with Crippen molar-refractivity contribution in [2.24, 2.45) is 0 Å². The van der Waals surface area contributed by atoms with Gasteiger partial charge in [0, 0.05) is 17.7 Å². The maximum Gasteiger partial charge on any atom is 0.325 e. The number of carboxylic acid groups (broad SMARTS) is 1. The summed E-state index contributed by atoms with van der Waals surface area (Å²) >= 11 is 0. The van der Waals surface area contributed by atoms with Gasteiger partial charge in [-0.3, -0.25) is 24.5 Å². The monoisotopic (exact) mass is 455 g/mol. The molecule has 0 saturated carbocycles. The van der Waals surface area contributed by atoms with E-state index in [2.05, 4.69) is 10.6 Å². The number of rotatable bonds is 11. The van der Waals surface area contributed by atoms with Crippen LogP contribution in [0.5, 0.6) is 5.75 Å². The van der Waals surface area contributed by atoms with Crippen LogP contribution in [0.2, 0.25) is 0 Å². The molecular formula is C23H25N3O7. The molecule has 2 rings (SSSR count). The second-order valence-corrected chi connectivity index (χ2v) is 7.12. The Morgan fingerprint density at radius 3 is 2.48 bits per heavy atom. The number of amides is 2. The molecule has 0 aromatic heterocycles.